The minimum absolute atomic E-state index is 0.0562. The lowest BCUT2D eigenvalue weighted by molar-refractivity contribution is -0.124. The number of amides is 2. The van der Waals surface area contributed by atoms with Crippen LogP contribution in [0.15, 0.2) is 45.3 Å². The third-order valence-corrected chi connectivity index (χ3v) is 4.75. The second kappa shape index (κ2) is 11.1. The number of halogens is 2. The summed E-state index contributed by atoms with van der Waals surface area (Å²) >= 11 is 11.7. The van der Waals surface area contributed by atoms with Crippen molar-refractivity contribution in [3.05, 3.63) is 56.5 Å². The Kier molecular flexibility index (Phi) is 8.87. The number of hydrogen-bond acceptors (Lipinski definition) is 5. The lowest BCUT2D eigenvalue weighted by Crippen LogP contribution is -2.50. The van der Waals surface area contributed by atoms with Gasteiger partial charge in [0.2, 0.25) is 0 Å². The van der Waals surface area contributed by atoms with Gasteiger partial charge in [0.15, 0.2) is 18.3 Å². The number of carbonyl (C=O) groups excluding carboxylic acids is 2. The van der Waals surface area contributed by atoms with E-state index in [0.29, 0.717) is 11.5 Å². The van der Waals surface area contributed by atoms with Crippen molar-refractivity contribution in [2.24, 2.45) is 0 Å². The minimum Gasteiger partial charge on any atom is -0.483 e. The van der Waals surface area contributed by atoms with Gasteiger partial charge in [0.1, 0.15) is 11.5 Å². The molecule has 0 spiro atoms. The molecule has 3 N–H and O–H groups in total. The topological polar surface area (TPSA) is 88.7 Å². The van der Waals surface area contributed by atoms with E-state index in [1.165, 1.54) is 0 Å². The number of benzene rings is 2. The molecule has 0 aliphatic carbocycles. The largest absolute Gasteiger partial charge is 0.483 e. The molecule has 154 valence electrons. The first kappa shape index (κ1) is 23.1. The maximum absolute atomic E-state index is 11.9. The third-order valence-electron chi connectivity index (χ3n) is 3.56. The number of aryl methyl sites for hydroxylation is 2. The van der Waals surface area contributed by atoms with Gasteiger partial charge in [0.05, 0.1) is 0 Å². The molecule has 0 bridgehead atoms. The number of ether oxygens (including phenoxy) is 2. The van der Waals surface area contributed by atoms with Crippen LogP contribution in [-0.4, -0.2) is 30.1 Å². The van der Waals surface area contributed by atoms with E-state index in [1.54, 1.807) is 12.1 Å². The van der Waals surface area contributed by atoms with Gasteiger partial charge in [-0.05, 0) is 73.6 Å². The lowest BCUT2D eigenvalue weighted by atomic mass is 10.2. The highest BCUT2D eigenvalue weighted by Gasteiger charge is 2.09. The Balaban J connectivity index is 1.68. The number of nitrogens with one attached hydrogen (secondary N) is 3. The maximum Gasteiger partial charge on any atom is 0.276 e. The Bertz CT molecular complexity index is 924. The van der Waals surface area contributed by atoms with Crippen LogP contribution in [0.4, 0.5) is 0 Å². The van der Waals surface area contributed by atoms with E-state index in [4.69, 9.17) is 21.7 Å². The van der Waals surface area contributed by atoms with Gasteiger partial charge in [0, 0.05) is 8.95 Å². The molecule has 0 saturated carbocycles. The molecule has 7 nitrogen and oxygen atoms in total. The molecule has 2 rings (SSSR count). The van der Waals surface area contributed by atoms with Crippen molar-refractivity contribution in [1.29, 1.82) is 0 Å². The van der Waals surface area contributed by atoms with E-state index in [9.17, 15) is 9.59 Å². The number of thiocarbonyl (C=S) groups is 1. The molecule has 2 amide bonds. The molecular weight excluding hydrogens is 526 g/mol. The highest BCUT2D eigenvalue weighted by Crippen LogP contribution is 2.22. The van der Waals surface area contributed by atoms with Crippen LogP contribution in [0.25, 0.3) is 0 Å². The van der Waals surface area contributed by atoms with Crippen LogP contribution in [0, 0.1) is 13.8 Å². The number of carbonyl (C=O) groups is 2. The van der Waals surface area contributed by atoms with Gasteiger partial charge in [0.25, 0.3) is 11.8 Å². The first-order valence-corrected chi connectivity index (χ1v) is 10.4. The first-order chi connectivity index (χ1) is 13.7. The zero-order valence-electron chi connectivity index (χ0n) is 15.7. The quantitative estimate of drug-likeness (QED) is 0.382. The predicted molar refractivity (Wildman–Crippen MR) is 121 cm³/mol. The highest BCUT2D eigenvalue weighted by molar-refractivity contribution is 9.10. The van der Waals surface area contributed by atoms with Gasteiger partial charge in [-0.25, -0.2) is 0 Å². The maximum atomic E-state index is 11.9. The van der Waals surface area contributed by atoms with Crippen LogP contribution >= 0.6 is 44.1 Å². The van der Waals surface area contributed by atoms with Crippen molar-refractivity contribution in [2.75, 3.05) is 13.2 Å². The summed E-state index contributed by atoms with van der Waals surface area (Å²) in [4.78, 5) is 23.8. The molecule has 0 atom stereocenters. The van der Waals surface area contributed by atoms with Crippen LogP contribution < -0.4 is 25.6 Å². The van der Waals surface area contributed by atoms with Crippen molar-refractivity contribution < 1.29 is 19.1 Å². The van der Waals surface area contributed by atoms with Crippen molar-refractivity contribution in [3.63, 3.8) is 0 Å². The fraction of sp³-hybridized carbons (Fsp3) is 0.211. The van der Waals surface area contributed by atoms with E-state index >= 15 is 0 Å². The van der Waals surface area contributed by atoms with Crippen LogP contribution in [-0.2, 0) is 9.59 Å². The predicted octanol–water partition coefficient (Wildman–Crippen LogP) is 3.31. The standard InChI is InChI=1S/C19H19Br2N3O4S/c1-11-7-13(20)3-5-15(11)27-9-17(25)22-19(29)24-23-18(26)10-28-16-6-4-14(21)8-12(16)2/h3-8H,9-10H2,1-2H3,(H,23,26)(H2,22,24,25,29). The second-order valence-electron chi connectivity index (χ2n) is 5.95. The Hall–Kier alpha value is -2.17. The number of rotatable bonds is 6. The second-order valence-corrected chi connectivity index (χ2v) is 8.19. The third kappa shape index (κ3) is 8.00. The summed E-state index contributed by atoms with van der Waals surface area (Å²) in [7, 11) is 0. The molecule has 0 aliphatic heterocycles. The fourth-order valence-electron chi connectivity index (χ4n) is 2.19. The summed E-state index contributed by atoms with van der Waals surface area (Å²) in [5.41, 5.74) is 6.58. The molecule has 0 fully saturated rings. The normalized spacial score (nSPS) is 10.1. The molecule has 29 heavy (non-hydrogen) atoms. The van der Waals surface area contributed by atoms with Crippen molar-refractivity contribution in [2.45, 2.75) is 13.8 Å². The number of hydrazine groups is 1. The van der Waals surface area contributed by atoms with Gasteiger partial charge in [-0.2, -0.15) is 0 Å². The van der Waals surface area contributed by atoms with Gasteiger partial charge in [-0.15, -0.1) is 0 Å². The molecule has 0 saturated heterocycles. The monoisotopic (exact) mass is 543 g/mol. The van der Waals surface area contributed by atoms with Gasteiger partial charge >= 0.3 is 0 Å². The molecule has 0 aliphatic rings. The smallest absolute Gasteiger partial charge is 0.276 e. The Morgan fingerprint density at radius 1 is 0.862 bits per heavy atom. The van der Waals surface area contributed by atoms with Gasteiger partial charge in [-0.1, -0.05) is 31.9 Å². The molecular formula is C19H19Br2N3O4S. The molecule has 0 unspecified atom stereocenters. The zero-order chi connectivity index (χ0) is 21.4. The van der Waals surface area contributed by atoms with Crippen LogP contribution in [0.3, 0.4) is 0 Å². The summed E-state index contributed by atoms with van der Waals surface area (Å²) in [5.74, 6) is 0.280. The average Bonchev–Trinajstić information content (AvgIpc) is 2.65. The van der Waals surface area contributed by atoms with Crippen molar-refractivity contribution in [1.82, 2.24) is 16.2 Å². The SMILES string of the molecule is Cc1cc(Br)ccc1OCC(=O)NNC(=S)NC(=O)COc1ccc(Br)cc1C. The van der Waals surface area contributed by atoms with Gasteiger partial charge < -0.3 is 9.47 Å². The van der Waals surface area contributed by atoms with E-state index in [0.717, 1.165) is 20.1 Å². The van der Waals surface area contributed by atoms with E-state index < -0.39 is 11.8 Å². The molecule has 0 aromatic heterocycles. The lowest BCUT2D eigenvalue weighted by Gasteiger charge is -2.13. The van der Waals surface area contributed by atoms with Gasteiger partial charge in [-0.3, -0.25) is 25.8 Å². The van der Waals surface area contributed by atoms with Crippen LogP contribution in [0.1, 0.15) is 11.1 Å². The molecule has 2 aromatic rings. The summed E-state index contributed by atoms with van der Waals surface area (Å²) in [6.45, 7) is 3.32. The fourth-order valence-corrected chi connectivity index (χ4v) is 3.31. The Morgan fingerprint density at radius 2 is 1.34 bits per heavy atom. The Morgan fingerprint density at radius 3 is 1.83 bits per heavy atom. The molecule has 10 heteroatoms. The van der Waals surface area contributed by atoms with E-state index in [2.05, 4.69) is 48.0 Å². The Labute approximate surface area is 190 Å². The summed E-state index contributed by atoms with van der Waals surface area (Å²) < 4.78 is 12.8. The van der Waals surface area contributed by atoms with Crippen molar-refractivity contribution in [3.8, 4) is 11.5 Å². The zero-order valence-corrected chi connectivity index (χ0v) is 19.7. The van der Waals surface area contributed by atoms with Crippen LogP contribution in [0.5, 0.6) is 11.5 Å². The molecule has 0 radical (unpaired) electrons. The molecule has 2 aromatic carbocycles. The number of hydrogen-bond donors (Lipinski definition) is 3. The van der Waals surface area contributed by atoms with E-state index in [-0.39, 0.29) is 18.3 Å². The van der Waals surface area contributed by atoms with E-state index in [1.807, 2.05) is 38.1 Å². The minimum atomic E-state index is -0.458. The average molecular weight is 545 g/mol. The highest BCUT2D eigenvalue weighted by atomic mass is 79.9. The van der Waals surface area contributed by atoms with Crippen LogP contribution in [0.2, 0.25) is 0 Å². The van der Waals surface area contributed by atoms with Crippen molar-refractivity contribution >= 4 is 61.0 Å². The molecule has 0 heterocycles. The summed E-state index contributed by atoms with van der Waals surface area (Å²) in [5, 5.41) is 2.36. The summed E-state index contributed by atoms with van der Waals surface area (Å²) in [6, 6.07) is 10.9. The first-order valence-electron chi connectivity index (χ1n) is 8.41. The summed E-state index contributed by atoms with van der Waals surface area (Å²) in [6.07, 6.45) is 0.